The number of alkyl halides is 3. The number of benzene rings is 1. The van der Waals surface area contributed by atoms with Gasteiger partial charge in [0.25, 0.3) is 0 Å². The SMILES string of the molecule is Cc1cc(C(C)(C)C)c(OC(=O)CC(C2CCN(C)C2=O)C(F)(F)F)c(C(C)(C)C)c1. The summed E-state index contributed by atoms with van der Waals surface area (Å²) in [7, 11) is 1.48. The van der Waals surface area contributed by atoms with Crippen LogP contribution in [0, 0.1) is 18.8 Å². The third-order valence-electron chi connectivity index (χ3n) is 5.83. The lowest BCUT2D eigenvalue weighted by Crippen LogP contribution is -2.37. The molecule has 2 rings (SSSR count). The van der Waals surface area contributed by atoms with Gasteiger partial charge in [-0.3, -0.25) is 9.59 Å². The summed E-state index contributed by atoms with van der Waals surface area (Å²) >= 11 is 0. The molecule has 31 heavy (non-hydrogen) atoms. The van der Waals surface area contributed by atoms with Crippen LogP contribution in [-0.2, 0) is 20.4 Å². The van der Waals surface area contributed by atoms with Gasteiger partial charge < -0.3 is 9.64 Å². The van der Waals surface area contributed by atoms with Gasteiger partial charge in [-0.25, -0.2) is 0 Å². The standard InChI is InChI=1S/C24H34F3NO3/c1-14-11-17(22(2,3)4)20(18(12-14)23(5,6)7)31-19(29)13-16(24(25,26)27)15-9-10-28(8)21(15)30/h11-12,15-16H,9-10,13H2,1-8H3. The van der Waals surface area contributed by atoms with Crippen LogP contribution >= 0.6 is 0 Å². The minimum Gasteiger partial charge on any atom is -0.426 e. The smallest absolute Gasteiger partial charge is 0.393 e. The summed E-state index contributed by atoms with van der Waals surface area (Å²) in [5.41, 5.74) is 1.77. The van der Waals surface area contributed by atoms with Gasteiger partial charge in [-0.05, 0) is 24.2 Å². The van der Waals surface area contributed by atoms with Crippen LogP contribution in [0.15, 0.2) is 12.1 Å². The van der Waals surface area contributed by atoms with Crippen LogP contribution in [0.2, 0.25) is 0 Å². The normalized spacial score (nSPS) is 19.0. The van der Waals surface area contributed by atoms with E-state index in [-0.39, 0.29) is 23.8 Å². The van der Waals surface area contributed by atoms with Gasteiger partial charge in [-0.1, -0.05) is 59.2 Å². The Balaban J connectivity index is 2.43. The van der Waals surface area contributed by atoms with E-state index in [9.17, 15) is 22.8 Å². The van der Waals surface area contributed by atoms with E-state index >= 15 is 0 Å². The molecule has 0 bridgehead atoms. The number of esters is 1. The lowest BCUT2D eigenvalue weighted by atomic mass is 9.78. The largest absolute Gasteiger partial charge is 0.426 e. The van der Waals surface area contributed by atoms with Crippen molar-refractivity contribution in [2.75, 3.05) is 13.6 Å². The Kier molecular flexibility index (Phi) is 6.89. The number of ether oxygens (including phenoxy) is 1. The summed E-state index contributed by atoms with van der Waals surface area (Å²) in [5.74, 6) is -4.52. The molecular formula is C24H34F3NO3. The zero-order valence-electron chi connectivity index (χ0n) is 19.7. The zero-order valence-corrected chi connectivity index (χ0v) is 19.7. The molecule has 1 aromatic carbocycles. The van der Waals surface area contributed by atoms with Crippen molar-refractivity contribution < 1.29 is 27.5 Å². The first kappa shape index (κ1) is 25.2. The maximum atomic E-state index is 13.8. The third-order valence-corrected chi connectivity index (χ3v) is 5.83. The first-order valence-electron chi connectivity index (χ1n) is 10.6. The molecule has 1 heterocycles. The molecule has 1 saturated heterocycles. The third kappa shape index (κ3) is 5.80. The summed E-state index contributed by atoms with van der Waals surface area (Å²) < 4.78 is 47.0. The van der Waals surface area contributed by atoms with Crippen molar-refractivity contribution in [1.82, 2.24) is 4.90 Å². The van der Waals surface area contributed by atoms with E-state index in [0.717, 1.165) is 16.7 Å². The molecule has 0 saturated carbocycles. The van der Waals surface area contributed by atoms with Crippen LogP contribution in [-0.4, -0.2) is 36.5 Å². The van der Waals surface area contributed by atoms with Crippen molar-refractivity contribution in [2.45, 2.75) is 78.3 Å². The fourth-order valence-corrected chi connectivity index (χ4v) is 4.04. The van der Waals surface area contributed by atoms with Crippen molar-refractivity contribution in [2.24, 2.45) is 11.8 Å². The number of nitrogens with zero attached hydrogens (tertiary/aromatic N) is 1. The number of carbonyl (C=O) groups excluding carboxylic acids is 2. The summed E-state index contributed by atoms with van der Waals surface area (Å²) in [6.45, 7) is 14.0. The van der Waals surface area contributed by atoms with E-state index in [1.54, 1.807) is 0 Å². The van der Waals surface area contributed by atoms with E-state index < -0.39 is 36.3 Å². The van der Waals surface area contributed by atoms with Gasteiger partial charge in [-0.15, -0.1) is 0 Å². The summed E-state index contributed by atoms with van der Waals surface area (Å²) in [5, 5.41) is 0. The molecule has 2 atom stereocenters. The second-order valence-electron chi connectivity index (χ2n) is 10.7. The summed E-state index contributed by atoms with van der Waals surface area (Å²) in [6, 6.07) is 3.82. The fraction of sp³-hybridized carbons (Fsp3) is 0.667. The van der Waals surface area contributed by atoms with Gasteiger partial charge in [0.2, 0.25) is 5.91 Å². The monoisotopic (exact) mass is 441 g/mol. The minimum absolute atomic E-state index is 0.0812. The van der Waals surface area contributed by atoms with E-state index in [1.165, 1.54) is 11.9 Å². The van der Waals surface area contributed by atoms with Gasteiger partial charge >= 0.3 is 12.1 Å². The Hall–Kier alpha value is -2.05. The number of halogens is 3. The Morgan fingerprint density at radius 1 is 1.10 bits per heavy atom. The molecule has 7 heteroatoms. The second-order valence-corrected chi connectivity index (χ2v) is 10.7. The number of hydrogen-bond acceptors (Lipinski definition) is 3. The molecular weight excluding hydrogens is 407 g/mol. The fourth-order valence-electron chi connectivity index (χ4n) is 4.04. The lowest BCUT2D eigenvalue weighted by molar-refractivity contribution is -0.195. The number of carbonyl (C=O) groups is 2. The number of amides is 1. The predicted octanol–water partition coefficient (Wildman–Crippen LogP) is 5.54. The highest BCUT2D eigenvalue weighted by Gasteiger charge is 2.51. The van der Waals surface area contributed by atoms with Crippen molar-refractivity contribution in [1.29, 1.82) is 0 Å². The lowest BCUT2D eigenvalue weighted by Gasteiger charge is -2.30. The van der Waals surface area contributed by atoms with E-state index in [1.807, 2.05) is 60.6 Å². The Morgan fingerprint density at radius 3 is 1.94 bits per heavy atom. The molecule has 0 radical (unpaired) electrons. The number of likely N-dealkylation sites (tertiary alicyclic amines) is 1. The van der Waals surface area contributed by atoms with Crippen molar-refractivity contribution in [3.63, 3.8) is 0 Å². The van der Waals surface area contributed by atoms with Crippen LogP contribution in [0.4, 0.5) is 13.2 Å². The molecule has 0 aliphatic carbocycles. The topological polar surface area (TPSA) is 46.6 Å². The number of hydrogen-bond donors (Lipinski definition) is 0. The Morgan fingerprint density at radius 2 is 1.58 bits per heavy atom. The van der Waals surface area contributed by atoms with Crippen LogP contribution in [0.5, 0.6) is 5.75 Å². The van der Waals surface area contributed by atoms with E-state index in [0.29, 0.717) is 5.75 Å². The first-order valence-corrected chi connectivity index (χ1v) is 10.6. The molecule has 1 fully saturated rings. The molecule has 1 aliphatic heterocycles. The molecule has 2 unspecified atom stereocenters. The predicted molar refractivity (Wildman–Crippen MR) is 114 cm³/mol. The number of aryl methyl sites for hydroxylation is 1. The molecule has 1 amide bonds. The van der Waals surface area contributed by atoms with Crippen molar-refractivity contribution >= 4 is 11.9 Å². The van der Waals surface area contributed by atoms with Crippen molar-refractivity contribution in [3.05, 3.63) is 28.8 Å². The Labute approximate surface area is 183 Å². The van der Waals surface area contributed by atoms with Crippen molar-refractivity contribution in [3.8, 4) is 5.75 Å². The highest BCUT2D eigenvalue weighted by molar-refractivity contribution is 5.82. The summed E-state index contributed by atoms with van der Waals surface area (Å²) in [6.07, 6.45) is -5.47. The van der Waals surface area contributed by atoms with Crippen LogP contribution in [0.1, 0.15) is 71.1 Å². The Bertz CT molecular complexity index is 812. The van der Waals surface area contributed by atoms with Crippen LogP contribution in [0.25, 0.3) is 0 Å². The van der Waals surface area contributed by atoms with E-state index in [2.05, 4.69) is 0 Å². The molecule has 4 nitrogen and oxygen atoms in total. The molecule has 1 aromatic rings. The van der Waals surface area contributed by atoms with Gasteiger partial charge in [0.05, 0.1) is 18.3 Å². The molecule has 1 aliphatic rings. The molecule has 174 valence electrons. The first-order chi connectivity index (χ1) is 13.9. The van der Waals surface area contributed by atoms with Gasteiger partial charge in [-0.2, -0.15) is 13.2 Å². The maximum Gasteiger partial charge on any atom is 0.393 e. The molecule has 0 aromatic heterocycles. The van der Waals surface area contributed by atoms with Gasteiger partial charge in [0.1, 0.15) is 5.75 Å². The molecule has 0 N–H and O–H groups in total. The number of rotatable bonds is 4. The summed E-state index contributed by atoms with van der Waals surface area (Å²) in [4.78, 5) is 26.3. The average Bonchev–Trinajstić information content (AvgIpc) is 2.90. The van der Waals surface area contributed by atoms with E-state index in [4.69, 9.17) is 4.74 Å². The minimum atomic E-state index is -4.67. The average molecular weight is 442 g/mol. The quantitative estimate of drug-likeness (QED) is 0.455. The van der Waals surface area contributed by atoms with Crippen LogP contribution < -0.4 is 4.74 Å². The zero-order chi connectivity index (χ0) is 23.9. The van der Waals surface area contributed by atoms with Crippen LogP contribution in [0.3, 0.4) is 0 Å². The van der Waals surface area contributed by atoms with Gasteiger partial charge in [0.15, 0.2) is 0 Å². The van der Waals surface area contributed by atoms with Gasteiger partial charge in [0, 0.05) is 24.7 Å². The highest BCUT2D eigenvalue weighted by Crippen LogP contribution is 2.43. The second kappa shape index (κ2) is 8.47. The molecule has 0 spiro atoms. The maximum absolute atomic E-state index is 13.8. The highest BCUT2D eigenvalue weighted by atomic mass is 19.4.